The highest BCUT2D eigenvalue weighted by Gasteiger charge is 2.35. The maximum absolute atomic E-state index is 11.6. The van der Waals surface area contributed by atoms with Gasteiger partial charge in [0.2, 0.25) is 0 Å². The van der Waals surface area contributed by atoms with E-state index in [1.54, 1.807) is 11.0 Å². The summed E-state index contributed by atoms with van der Waals surface area (Å²) in [5, 5.41) is 22.7. The molecule has 1 aromatic carbocycles. The van der Waals surface area contributed by atoms with E-state index in [0.717, 1.165) is 5.69 Å². The number of piperazine rings is 1. The SMILES string of the molecule is N#Cc1cc(N2CCN3C(=O)NCC3C2)ccc1[N+](=O)[O-]. The van der Waals surface area contributed by atoms with E-state index in [9.17, 15) is 14.9 Å². The average Bonchev–Trinajstić information content (AvgIpc) is 2.87. The van der Waals surface area contributed by atoms with E-state index in [-0.39, 0.29) is 23.3 Å². The molecule has 2 aliphatic rings. The van der Waals surface area contributed by atoms with E-state index in [1.807, 2.05) is 11.0 Å². The standard InChI is InChI=1S/C13H13N5O3/c14-6-9-5-10(1-2-12(9)18(20)21)16-3-4-17-11(8-16)7-15-13(17)19/h1-2,5,11H,3-4,7-8H2,(H,15,19). The van der Waals surface area contributed by atoms with Crippen LogP contribution in [0, 0.1) is 21.4 Å². The number of nitro benzene ring substituents is 1. The molecule has 0 saturated carbocycles. The Bertz CT molecular complexity index is 654. The number of hydrogen-bond donors (Lipinski definition) is 1. The van der Waals surface area contributed by atoms with Crippen LogP contribution in [0.5, 0.6) is 0 Å². The quantitative estimate of drug-likeness (QED) is 0.636. The number of fused-ring (bicyclic) bond motifs is 1. The van der Waals surface area contributed by atoms with Crippen molar-refractivity contribution in [1.82, 2.24) is 10.2 Å². The molecule has 0 aliphatic carbocycles. The van der Waals surface area contributed by atoms with Crippen LogP contribution in [0.25, 0.3) is 0 Å². The van der Waals surface area contributed by atoms with Gasteiger partial charge in [-0.1, -0.05) is 0 Å². The number of amides is 2. The Morgan fingerprint density at radius 3 is 2.95 bits per heavy atom. The Morgan fingerprint density at radius 2 is 2.24 bits per heavy atom. The number of benzene rings is 1. The fourth-order valence-electron chi connectivity index (χ4n) is 2.81. The molecule has 0 aromatic heterocycles. The van der Waals surface area contributed by atoms with Crippen molar-refractivity contribution in [1.29, 1.82) is 5.26 Å². The van der Waals surface area contributed by atoms with Crippen LogP contribution in [-0.2, 0) is 0 Å². The fourth-order valence-corrected chi connectivity index (χ4v) is 2.81. The minimum Gasteiger partial charge on any atom is -0.368 e. The molecule has 1 unspecified atom stereocenters. The van der Waals surface area contributed by atoms with Crippen LogP contribution < -0.4 is 10.2 Å². The molecule has 21 heavy (non-hydrogen) atoms. The summed E-state index contributed by atoms with van der Waals surface area (Å²) >= 11 is 0. The molecule has 1 N–H and O–H groups in total. The van der Waals surface area contributed by atoms with Crippen LogP contribution in [0.15, 0.2) is 18.2 Å². The van der Waals surface area contributed by atoms with E-state index in [1.165, 1.54) is 12.1 Å². The van der Waals surface area contributed by atoms with Gasteiger partial charge in [-0.05, 0) is 12.1 Å². The van der Waals surface area contributed by atoms with Crippen molar-refractivity contribution in [2.24, 2.45) is 0 Å². The van der Waals surface area contributed by atoms with Crippen LogP contribution in [0.3, 0.4) is 0 Å². The number of carbonyl (C=O) groups excluding carboxylic acids is 1. The summed E-state index contributed by atoms with van der Waals surface area (Å²) in [4.78, 5) is 25.7. The lowest BCUT2D eigenvalue weighted by Gasteiger charge is -2.37. The van der Waals surface area contributed by atoms with Crippen LogP contribution >= 0.6 is 0 Å². The highest BCUT2D eigenvalue weighted by molar-refractivity contribution is 5.77. The normalized spacial score (nSPS) is 20.7. The summed E-state index contributed by atoms with van der Waals surface area (Å²) in [6, 6.07) is 6.48. The maximum Gasteiger partial charge on any atom is 0.317 e. The number of urea groups is 1. The van der Waals surface area contributed by atoms with E-state index in [0.29, 0.717) is 26.2 Å². The first-order valence-electron chi connectivity index (χ1n) is 6.58. The molecule has 108 valence electrons. The zero-order chi connectivity index (χ0) is 15.0. The van der Waals surface area contributed by atoms with Crippen molar-refractivity contribution in [2.45, 2.75) is 6.04 Å². The molecule has 2 aliphatic heterocycles. The average molecular weight is 287 g/mol. The van der Waals surface area contributed by atoms with Gasteiger partial charge in [-0.2, -0.15) is 5.26 Å². The van der Waals surface area contributed by atoms with Gasteiger partial charge in [-0.15, -0.1) is 0 Å². The van der Waals surface area contributed by atoms with Crippen molar-refractivity contribution in [2.75, 3.05) is 31.1 Å². The van der Waals surface area contributed by atoms with E-state index in [2.05, 4.69) is 5.32 Å². The Morgan fingerprint density at radius 1 is 1.43 bits per heavy atom. The summed E-state index contributed by atoms with van der Waals surface area (Å²) in [5.41, 5.74) is 0.647. The van der Waals surface area contributed by atoms with Crippen molar-refractivity contribution >= 4 is 17.4 Å². The minimum absolute atomic E-state index is 0.0407. The Balaban J connectivity index is 1.84. The Labute approximate surface area is 120 Å². The summed E-state index contributed by atoms with van der Waals surface area (Å²) in [7, 11) is 0. The monoisotopic (exact) mass is 287 g/mol. The zero-order valence-corrected chi connectivity index (χ0v) is 11.2. The smallest absolute Gasteiger partial charge is 0.317 e. The van der Waals surface area contributed by atoms with Gasteiger partial charge in [-0.3, -0.25) is 10.1 Å². The number of anilines is 1. The predicted molar refractivity (Wildman–Crippen MR) is 73.9 cm³/mol. The van der Waals surface area contributed by atoms with Gasteiger partial charge in [-0.25, -0.2) is 4.79 Å². The highest BCUT2D eigenvalue weighted by atomic mass is 16.6. The molecule has 3 rings (SSSR count). The van der Waals surface area contributed by atoms with Gasteiger partial charge < -0.3 is 15.1 Å². The molecule has 8 heteroatoms. The molecular formula is C13H13N5O3. The number of nitriles is 1. The second-order valence-electron chi connectivity index (χ2n) is 5.05. The van der Waals surface area contributed by atoms with Crippen molar-refractivity contribution in [3.05, 3.63) is 33.9 Å². The van der Waals surface area contributed by atoms with Crippen LogP contribution in [-0.4, -0.2) is 48.1 Å². The highest BCUT2D eigenvalue weighted by Crippen LogP contribution is 2.26. The number of rotatable bonds is 2. The first-order chi connectivity index (χ1) is 10.1. The number of carbonyl (C=O) groups is 1. The first kappa shape index (κ1) is 13.2. The first-order valence-corrected chi connectivity index (χ1v) is 6.58. The molecule has 2 saturated heterocycles. The third-order valence-electron chi connectivity index (χ3n) is 3.89. The Kier molecular flexibility index (Phi) is 3.10. The van der Waals surface area contributed by atoms with Crippen molar-refractivity contribution in [3.8, 4) is 6.07 Å². The second-order valence-corrected chi connectivity index (χ2v) is 5.05. The largest absolute Gasteiger partial charge is 0.368 e. The van der Waals surface area contributed by atoms with Crippen molar-refractivity contribution < 1.29 is 9.72 Å². The molecule has 1 aromatic rings. The maximum atomic E-state index is 11.6. The van der Waals surface area contributed by atoms with Gasteiger partial charge in [0, 0.05) is 37.9 Å². The second kappa shape index (κ2) is 4.94. The number of nitrogens with one attached hydrogen (secondary N) is 1. The molecule has 8 nitrogen and oxygen atoms in total. The molecule has 0 bridgehead atoms. The predicted octanol–water partition coefficient (Wildman–Crippen LogP) is 0.680. The van der Waals surface area contributed by atoms with Crippen LogP contribution in [0.4, 0.5) is 16.2 Å². The van der Waals surface area contributed by atoms with E-state index in [4.69, 9.17) is 5.26 Å². The minimum atomic E-state index is -0.556. The lowest BCUT2D eigenvalue weighted by molar-refractivity contribution is -0.385. The summed E-state index contributed by atoms with van der Waals surface area (Å²) < 4.78 is 0. The van der Waals surface area contributed by atoms with Gasteiger partial charge in [0.1, 0.15) is 11.6 Å². The van der Waals surface area contributed by atoms with Gasteiger partial charge in [0.05, 0.1) is 11.0 Å². The van der Waals surface area contributed by atoms with E-state index >= 15 is 0 Å². The zero-order valence-electron chi connectivity index (χ0n) is 11.2. The van der Waals surface area contributed by atoms with Crippen LogP contribution in [0.2, 0.25) is 0 Å². The lowest BCUT2D eigenvalue weighted by Crippen LogP contribution is -2.52. The fraction of sp³-hybridized carbons (Fsp3) is 0.385. The topological polar surface area (TPSA) is 103 Å². The third kappa shape index (κ3) is 2.23. The van der Waals surface area contributed by atoms with Gasteiger partial charge in [0.15, 0.2) is 0 Å². The van der Waals surface area contributed by atoms with Crippen LogP contribution in [0.1, 0.15) is 5.56 Å². The summed E-state index contributed by atoms with van der Waals surface area (Å²) in [5.74, 6) is 0. The summed E-state index contributed by atoms with van der Waals surface area (Å²) in [6.07, 6.45) is 0. The number of hydrogen-bond acceptors (Lipinski definition) is 5. The molecule has 2 amide bonds. The van der Waals surface area contributed by atoms with Gasteiger partial charge in [0.25, 0.3) is 5.69 Å². The Hall–Kier alpha value is -2.82. The third-order valence-corrected chi connectivity index (χ3v) is 3.89. The van der Waals surface area contributed by atoms with Gasteiger partial charge >= 0.3 is 6.03 Å². The molecule has 0 radical (unpaired) electrons. The number of nitro groups is 1. The van der Waals surface area contributed by atoms with Crippen molar-refractivity contribution in [3.63, 3.8) is 0 Å². The molecule has 0 spiro atoms. The number of nitrogens with zero attached hydrogens (tertiary/aromatic N) is 4. The summed E-state index contributed by atoms with van der Waals surface area (Å²) in [6.45, 7) is 2.51. The molecular weight excluding hydrogens is 274 g/mol. The van der Waals surface area contributed by atoms with E-state index < -0.39 is 4.92 Å². The molecule has 2 heterocycles. The molecule has 1 atom stereocenters. The lowest BCUT2D eigenvalue weighted by atomic mass is 10.1. The molecule has 2 fully saturated rings.